The SMILES string of the molecule is CCC1CCC(n2c(=S)[nH]c3ccccc3c2=O)CC1. The van der Waals surface area contributed by atoms with E-state index >= 15 is 0 Å². The summed E-state index contributed by atoms with van der Waals surface area (Å²) in [4.78, 5) is 15.9. The van der Waals surface area contributed by atoms with E-state index in [1.54, 1.807) is 0 Å². The molecule has 1 N–H and O–H groups in total. The summed E-state index contributed by atoms with van der Waals surface area (Å²) in [5, 5.41) is 0.735. The number of fused-ring (bicyclic) bond motifs is 1. The predicted octanol–water partition coefficient (Wildman–Crippen LogP) is 4.20. The van der Waals surface area contributed by atoms with Gasteiger partial charge >= 0.3 is 0 Å². The molecule has 1 heterocycles. The molecule has 0 atom stereocenters. The summed E-state index contributed by atoms with van der Waals surface area (Å²) in [6, 6.07) is 7.86. The minimum Gasteiger partial charge on any atom is -0.332 e. The van der Waals surface area contributed by atoms with Crippen molar-refractivity contribution in [1.29, 1.82) is 0 Å². The van der Waals surface area contributed by atoms with Crippen LogP contribution >= 0.6 is 12.2 Å². The molecular weight excluding hydrogens is 268 g/mol. The second kappa shape index (κ2) is 5.52. The fourth-order valence-electron chi connectivity index (χ4n) is 3.32. The average molecular weight is 288 g/mol. The van der Waals surface area contributed by atoms with Gasteiger partial charge in [0.05, 0.1) is 10.9 Å². The van der Waals surface area contributed by atoms with Crippen LogP contribution in [0.3, 0.4) is 0 Å². The molecule has 1 aliphatic carbocycles. The lowest BCUT2D eigenvalue weighted by atomic mass is 9.84. The van der Waals surface area contributed by atoms with Crippen LogP contribution < -0.4 is 5.56 Å². The number of hydrogen-bond donors (Lipinski definition) is 1. The quantitative estimate of drug-likeness (QED) is 0.841. The van der Waals surface area contributed by atoms with Crippen molar-refractivity contribution in [3.63, 3.8) is 0 Å². The minimum absolute atomic E-state index is 0.0595. The number of nitrogens with one attached hydrogen (secondary N) is 1. The molecule has 1 fully saturated rings. The second-order valence-corrected chi connectivity index (χ2v) is 6.12. The van der Waals surface area contributed by atoms with E-state index in [0.29, 0.717) is 4.77 Å². The Balaban J connectivity index is 2.04. The van der Waals surface area contributed by atoms with Crippen LogP contribution in [0.15, 0.2) is 29.1 Å². The van der Waals surface area contributed by atoms with Crippen LogP contribution in [0.4, 0.5) is 0 Å². The number of nitrogens with zero attached hydrogens (tertiary/aromatic N) is 1. The number of aromatic nitrogens is 2. The zero-order chi connectivity index (χ0) is 14.1. The van der Waals surface area contributed by atoms with E-state index in [2.05, 4.69) is 11.9 Å². The number of aromatic amines is 1. The molecule has 3 nitrogen and oxygen atoms in total. The Hall–Kier alpha value is -1.42. The number of para-hydroxylation sites is 1. The van der Waals surface area contributed by atoms with Gasteiger partial charge in [-0.2, -0.15) is 0 Å². The van der Waals surface area contributed by atoms with E-state index in [0.717, 1.165) is 29.7 Å². The molecule has 3 rings (SSSR count). The molecule has 2 aromatic rings. The van der Waals surface area contributed by atoms with Crippen LogP contribution in [-0.2, 0) is 0 Å². The third kappa shape index (κ3) is 2.33. The number of rotatable bonds is 2. The highest BCUT2D eigenvalue weighted by Crippen LogP contribution is 2.33. The molecule has 106 valence electrons. The fourth-order valence-corrected chi connectivity index (χ4v) is 3.66. The molecule has 1 aromatic heterocycles. The van der Waals surface area contributed by atoms with Crippen molar-refractivity contribution in [1.82, 2.24) is 9.55 Å². The third-order valence-corrected chi connectivity index (χ3v) is 4.89. The maximum atomic E-state index is 12.7. The highest BCUT2D eigenvalue weighted by molar-refractivity contribution is 7.71. The van der Waals surface area contributed by atoms with Crippen LogP contribution in [0.2, 0.25) is 0 Å². The van der Waals surface area contributed by atoms with Crippen molar-refractivity contribution < 1.29 is 0 Å². The fraction of sp³-hybridized carbons (Fsp3) is 0.500. The first-order chi connectivity index (χ1) is 9.70. The van der Waals surface area contributed by atoms with Crippen molar-refractivity contribution in [2.45, 2.75) is 45.1 Å². The van der Waals surface area contributed by atoms with Gasteiger partial charge in [-0.1, -0.05) is 25.5 Å². The molecule has 1 saturated carbocycles. The lowest BCUT2D eigenvalue weighted by Crippen LogP contribution is -2.29. The van der Waals surface area contributed by atoms with Gasteiger partial charge in [0.2, 0.25) is 0 Å². The van der Waals surface area contributed by atoms with Crippen LogP contribution in [0, 0.1) is 10.7 Å². The first kappa shape index (κ1) is 13.6. The molecule has 0 radical (unpaired) electrons. The zero-order valence-electron chi connectivity index (χ0n) is 11.8. The Labute approximate surface area is 123 Å². The first-order valence-corrected chi connectivity index (χ1v) is 7.85. The average Bonchev–Trinajstić information content (AvgIpc) is 2.48. The maximum absolute atomic E-state index is 12.7. The molecule has 1 aromatic carbocycles. The van der Waals surface area contributed by atoms with Crippen molar-refractivity contribution in [2.24, 2.45) is 5.92 Å². The molecule has 0 amide bonds. The largest absolute Gasteiger partial charge is 0.332 e. The highest BCUT2D eigenvalue weighted by atomic mass is 32.1. The molecule has 4 heteroatoms. The second-order valence-electron chi connectivity index (χ2n) is 5.73. The van der Waals surface area contributed by atoms with Crippen molar-refractivity contribution in [2.75, 3.05) is 0 Å². The molecule has 0 spiro atoms. The summed E-state index contributed by atoms with van der Waals surface area (Å²) in [6.07, 6.45) is 5.78. The maximum Gasteiger partial charge on any atom is 0.262 e. The van der Waals surface area contributed by atoms with E-state index in [-0.39, 0.29) is 11.6 Å². The van der Waals surface area contributed by atoms with Gasteiger partial charge in [-0.3, -0.25) is 9.36 Å². The van der Waals surface area contributed by atoms with E-state index in [9.17, 15) is 4.79 Å². The molecule has 0 saturated heterocycles. The Kier molecular flexibility index (Phi) is 3.74. The Morgan fingerprint density at radius 2 is 1.95 bits per heavy atom. The molecule has 0 unspecified atom stereocenters. The summed E-state index contributed by atoms with van der Waals surface area (Å²) in [5.41, 5.74) is 0.894. The number of benzene rings is 1. The van der Waals surface area contributed by atoms with Crippen LogP contribution in [0.5, 0.6) is 0 Å². The predicted molar refractivity (Wildman–Crippen MR) is 84.7 cm³/mol. The normalized spacial score (nSPS) is 23.1. The third-order valence-electron chi connectivity index (χ3n) is 4.60. The Morgan fingerprint density at radius 3 is 2.65 bits per heavy atom. The lowest BCUT2D eigenvalue weighted by Gasteiger charge is -2.29. The first-order valence-electron chi connectivity index (χ1n) is 7.44. The van der Waals surface area contributed by atoms with E-state index < -0.39 is 0 Å². The molecule has 0 aliphatic heterocycles. The van der Waals surface area contributed by atoms with Gasteiger partial charge in [-0.05, 0) is 56.0 Å². The van der Waals surface area contributed by atoms with Gasteiger partial charge in [0.1, 0.15) is 0 Å². The molecule has 20 heavy (non-hydrogen) atoms. The minimum atomic E-state index is 0.0595. The van der Waals surface area contributed by atoms with Crippen LogP contribution in [-0.4, -0.2) is 9.55 Å². The van der Waals surface area contributed by atoms with Gasteiger partial charge in [-0.25, -0.2) is 0 Å². The van der Waals surface area contributed by atoms with E-state index in [1.165, 1.54) is 19.3 Å². The number of H-pyrrole nitrogens is 1. The van der Waals surface area contributed by atoms with E-state index in [4.69, 9.17) is 12.2 Å². The Bertz CT molecular complexity index is 723. The topological polar surface area (TPSA) is 37.8 Å². The van der Waals surface area contributed by atoms with Crippen LogP contribution in [0.1, 0.15) is 45.1 Å². The lowest BCUT2D eigenvalue weighted by molar-refractivity contribution is 0.263. The van der Waals surface area contributed by atoms with Gasteiger partial charge in [0.15, 0.2) is 4.77 Å². The standard InChI is InChI=1S/C16H20N2OS/c1-2-11-7-9-12(10-8-11)18-15(19)13-5-3-4-6-14(13)17-16(18)20/h3-6,11-12H,2,7-10H2,1H3,(H,17,20). The summed E-state index contributed by atoms with van der Waals surface area (Å²) >= 11 is 5.41. The zero-order valence-corrected chi connectivity index (χ0v) is 12.6. The van der Waals surface area contributed by atoms with Gasteiger partial charge in [0, 0.05) is 6.04 Å². The summed E-state index contributed by atoms with van der Waals surface area (Å²) < 4.78 is 2.37. The monoisotopic (exact) mass is 288 g/mol. The van der Waals surface area contributed by atoms with Crippen molar-refractivity contribution in [3.05, 3.63) is 39.4 Å². The van der Waals surface area contributed by atoms with Gasteiger partial charge in [-0.15, -0.1) is 0 Å². The highest BCUT2D eigenvalue weighted by Gasteiger charge is 2.23. The smallest absolute Gasteiger partial charge is 0.262 e. The van der Waals surface area contributed by atoms with Crippen molar-refractivity contribution in [3.8, 4) is 0 Å². The summed E-state index contributed by atoms with van der Waals surface area (Å²) in [7, 11) is 0. The summed E-state index contributed by atoms with van der Waals surface area (Å²) in [5.74, 6) is 0.819. The summed E-state index contributed by atoms with van der Waals surface area (Å²) in [6.45, 7) is 2.25. The van der Waals surface area contributed by atoms with E-state index in [1.807, 2.05) is 28.8 Å². The van der Waals surface area contributed by atoms with Crippen LogP contribution in [0.25, 0.3) is 10.9 Å². The molecule has 1 aliphatic rings. The van der Waals surface area contributed by atoms with Crippen molar-refractivity contribution >= 4 is 23.1 Å². The van der Waals surface area contributed by atoms with Gasteiger partial charge < -0.3 is 4.98 Å². The molecule has 0 bridgehead atoms. The number of hydrogen-bond acceptors (Lipinski definition) is 2. The van der Waals surface area contributed by atoms with Gasteiger partial charge in [0.25, 0.3) is 5.56 Å². The Morgan fingerprint density at radius 1 is 1.25 bits per heavy atom. The molecular formula is C16H20N2OS.